The highest BCUT2D eigenvalue weighted by molar-refractivity contribution is 5.96. The molecule has 6 N–H and O–H groups in total. The summed E-state index contributed by atoms with van der Waals surface area (Å²) in [5.41, 5.74) is 9.05. The number of hydrogen-bond donors (Lipinski definition) is 5. The number of aromatic nitrogens is 2. The van der Waals surface area contributed by atoms with E-state index in [9.17, 15) is 9.90 Å². The Bertz CT molecular complexity index is 1080. The molecule has 36 heavy (non-hydrogen) atoms. The van der Waals surface area contributed by atoms with Gasteiger partial charge in [-0.15, -0.1) is 0 Å². The third kappa shape index (κ3) is 7.16. The Morgan fingerprint density at radius 3 is 2.58 bits per heavy atom. The summed E-state index contributed by atoms with van der Waals surface area (Å²) in [6.07, 6.45) is 3.05. The fraction of sp³-hybridized carbons (Fsp3) is 0.500. The van der Waals surface area contributed by atoms with Gasteiger partial charge in [0.25, 0.3) is 5.91 Å². The molecule has 2 aliphatic rings. The summed E-state index contributed by atoms with van der Waals surface area (Å²) in [4.78, 5) is 24.3. The summed E-state index contributed by atoms with van der Waals surface area (Å²) in [5, 5.41) is 19.3. The van der Waals surface area contributed by atoms with Crippen LogP contribution in [0.5, 0.6) is 0 Å². The first-order chi connectivity index (χ1) is 17.4. The lowest BCUT2D eigenvalue weighted by Gasteiger charge is -2.26. The number of rotatable bonds is 11. The average Bonchev–Trinajstić information content (AvgIpc) is 3.68. The lowest BCUT2D eigenvalue weighted by molar-refractivity contribution is 0.0398. The molecule has 2 aromatic rings. The number of nitrogens with two attached hydrogens (primary N) is 1. The Labute approximate surface area is 212 Å². The lowest BCUT2D eigenvalue weighted by atomic mass is 9.99. The van der Waals surface area contributed by atoms with Crippen molar-refractivity contribution in [2.75, 3.05) is 56.6 Å². The van der Waals surface area contributed by atoms with E-state index in [1.54, 1.807) is 6.92 Å². The first-order valence-corrected chi connectivity index (χ1v) is 12.6. The standard InChI is InChI=1S/C26H37N7O3/c1-17-13-19(3-6-21(17)26(35)30-20-4-5-20)22(15-27)25-31-23(14-24(32-25)29-16-18(2)34)28-7-8-33-9-11-36-12-10-33/h3,6,13-15,18,20,34H,4-5,7-12,16,27H2,1-2H3,(H,30,35)(H2,28,29,31,32). The number of benzene rings is 1. The molecule has 1 saturated carbocycles. The van der Waals surface area contributed by atoms with Gasteiger partial charge in [0.1, 0.15) is 11.6 Å². The van der Waals surface area contributed by atoms with Crippen LogP contribution in [0.1, 0.15) is 47.1 Å². The van der Waals surface area contributed by atoms with Crippen LogP contribution < -0.4 is 21.7 Å². The van der Waals surface area contributed by atoms with Crippen LogP contribution in [0.2, 0.25) is 0 Å². The third-order valence-electron chi connectivity index (χ3n) is 6.24. The van der Waals surface area contributed by atoms with Crippen molar-refractivity contribution in [1.82, 2.24) is 20.2 Å². The maximum absolute atomic E-state index is 12.5. The van der Waals surface area contributed by atoms with Crippen LogP contribution in [-0.4, -0.2) is 84.0 Å². The fourth-order valence-corrected chi connectivity index (χ4v) is 4.04. The van der Waals surface area contributed by atoms with Gasteiger partial charge < -0.3 is 31.5 Å². The first kappa shape index (κ1) is 25.9. The number of morpholine rings is 1. The van der Waals surface area contributed by atoms with Crippen molar-refractivity contribution < 1.29 is 14.6 Å². The maximum atomic E-state index is 12.5. The van der Waals surface area contributed by atoms with Crippen molar-refractivity contribution in [3.8, 4) is 0 Å². The third-order valence-corrected chi connectivity index (χ3v) is 6.24. The molecule has 1 aliphatic heterocycles. The fourth-order valence-electron chi connectivity index (χ4n) is 4.04. The van der Waals surface area contributed by atoms with E-state index >= 15 is 0 Å². The van der Waals surface area contributed by atoms with Gasteiger partial charge in [0.2, 0.25) is 0 Å². The number of amides is 1. The van der Waals surface area contributed by atoms with E-state index in [2.05, 4.69) is 25.8 Å². The van der Waals surface area contributed by atoms with Crippen LogP contribution in [-0.2, 0) is 4.74 Å². The van der Waals surface area contributed by atoms with Crippen molar-refractivity contribution in [1.29, 1.82) is 0 Å². The minimum absolute atomic E-state index is 0.0489. The maximum Gasteiger partial charge on any atom is 0.251 e. The SMILES string of the molecule is Cc1cc(C(=CN)c2nc(NCCN3CCOCC3)cc(NCC(C)O)n2)ccc1C(=O)NC1CC1. The highest BCUT2D eigenvalue weighted by Gasteiger charge is 2.24. The van der Waals surface area contributed by atoms with Gasteiger partial charge in [0.05, 0.1) is 19.3 Å². The van der Waals surface area contributed by atoms with Gasteiger partial charge in [-0.05, 0) is 43.9 Å². The molecule has 1 atom stereocenters. The van der Waals surface area contributed by atoms with Crippen molar-refractivity contribution >= 4 is 23.1 Å². The van der Waals surface area contributed by atoms with Gasteiger partial charge in [0, 0.05) is 62.2 Å². The van der Waals surface area contributed by atoms with Crippen LogP contribution in [0.4, 0.5) is 11.6 Å². The van der Waals surface area contributed by atoms with E-state index in [4.69, 9.17) is 15.5 Å². The number of ether oxygens (including phenoxy) is 1. The van der Waals surface area contributed by atoms with E-state index in [0.717, 1.165) is 63.4 Å². The highest BCUT2D eigenvalue weighted by Crippen LogP contribution is 2.26. The molecule has 2 fully saturated rings. The summed E-state index contributed by atoms with van der Waals surface area (Å²) in [7, 11) is 0. The van der Waals surface area contributed by atoms with E-state index in [1.807, 2.05) is 31.2 Å². The number of aliphatic hydroxyl groups excluding tert-OH is 1. The summed E-state index contributed by atoms with van der Waals surface area (Å²) >= 11 is 0. The summed E-state index contributed by atoms with van der Waals surface area (Å²) in [6, 6.07) is 7.76. The number of carbonyl (C=O) groups is 1. The zero-order valence-electron chi connectivity index (χ0n) is 21.1. The molecule has 1 unspecified atom stereocenters. The van der Waals surface area contributed by atoms with Gasteiger partial charge in [-0.1, -0.05) is 12.1 Å². The number of carbonyl (C=O) groups excluding carboxylic acids is 1. The summed E-state index contributed by atoms with van der Waals surface area (Å²) in [5.74, 6) is 1.66. The number of nitrogens with zero attached hydrogens (tertiary/aromatic N) is 3. The molecule has 2 heterocycles. The van der Waals surface area contributed by atoms with Crippen molar-refractivity contribution in [3.05, 3.63) is 53.0 Å². The number of aryl methyl sites for hydroxylation is 1. The second-order valence-electron chi connectivity index (χ2n) is 9.43. The number of anilines is 2. The van der Waals surface area contributed by atoms with Gasteiger partial charge in [-0.3, -0.25) is 9.69 Å². The number of aliphatic hydroxyl groups is 1. The van der Waals surface area contributed by atoms with Gasteiger partial charge >= 0.3 is 0 Å². The number of nitrogens with one attached hydrogen (secondary N) is 3. The van der Waals surface area contributed by atoms with Gasteiger partial charge in [0.15, 0.2) is 5.82 Å². The monoisotopic (exact) mass is 495 g/mol. The Morgan fingerprint density at radius 2 is 1.94 bits per heavy atom. The van der Waals surface area contributed by atoms with Crippen molar-refractivity contribution in [2.45, 2.75) is 38.8 Å². The smallest absolute Gasteiger partial charge is 0.251 e. The minimum atomic E-state index is -0.525. The van der Waals surface area contributed by atoms with E-state index in [-0.39, 0.29) is 5.91 Å². The number of hydrogen-bond acceptors (Lipinski definition) is 9. The van der Waals surface area contributed by atoms with Crippen molar-refractivity contribution in [2.24, 2.45) is 5.73 Å². The largest absolute Gasteiger partial charge is 0.404 e. The Morgan fingerprint density at radius 1 is 1.22 bits per heavy atom. The Hall–Kier alpha value is -3.21. The van der Waals surface area contributed by atoms with Crippen LogP contribution in [0.15, 0.2) is 30.5 Å². The molecule has 0 radical (unpaired) electrons. The Balaban J connectivity index is 1.53. The molecule has 1 saturated heterocycles. The highest BCUT2D eigenvalue weighted by atomic mass is 16.5. The van der Waals surface area contributed by atoms with E-state index < -0.39 is 6.10 Å². The van der Waals surface area contributed by atoms with E-state index in [0.29, 0.717) is 41.2 Å². The molecule has 0 bridgehead atoms. The molecular weight excluding hydrogens is 458 g/mol. The van der Waals surface area contributed by atoms with Crippen LogP contribution in [0.25, 0.3) is 5.57 Å². The first-order valence-electron chi connectivity index (χ1n) is 12.6. The predicted octanol–water partition coefficient (Wildman–Crippen LogP) is 1.56. The molecule has 1 aliphatic carbocycles. The summed E-state index contributed by atoms with van der Waals surface area (Å²) < 4.78 is 5.42. The Kier molecular flexibility index (Phi) is 8.74. The molecule has 10 heteroatoms. The lowest BCUT2D eigenvalue weighted by Crippen LogP contribution is -2.39. The molecule has 1 amide bonds. The van der Waals surface area contributed by atoms with Crippen LogP contribution in [0.3, 0.4) is 0 Å². The molecule has 1 aromatic carbocycles. The zero-order valence-corrected chi connectivity index (χ0v) is 21.1. The van der Waals surface area contributed by atoms with Gasteiger partial charge in [-0.25, -0.2) is 9.97 Å². The summed E-state index contributed by atoms with van der Waals surface area (Å²) in [6.45, 7) is 8.95. The topological polar surface area (TPSA) is 138 Å². The molecule has 0 spiro atoms. The van der Waals surface area contributed by atoms with Crippen LogP contribution >= 0.6 is 0 Å². The van der Waals surface area contributed by atoms with Crippen LogP contribution in [0, 0.1) is 6.92 Å². The molecule has 1 aromatic heterocycles. The van der Waals surface area contributed by atoms with Crippen molar-refractivity contribution in [3.63, 3.8) is 0 Å². The normalized spacial score (nSPS) is 17.5. The van der Waals surface area contributed by atoms with E-state index in [1.165, 1.54) is 6.20 Å². The minimum Gasteiger partial charge on any atom is -0.404 e. The molecule has 10 nitrogen and oxygen atoms in total. The quantitative estimate of drug-likeness (QED) is 0.314. The zero-order chi connectivity index (χ0) is 25.5. The molecular formula is C26H37N7O3. The predicted molar refractivity (Wildman–Crippen MR) is 141 cm³/mol. The second kappa shape index (κ2) is 12.2. The molecule has 4 rings (SSSR count). The molecule has 194 valence electrons. The second-order valence-corrected chi connectivity index (χ2v) is 9.43. The van der Waals surface area contributed by atoms with Gasteiger partial charge in [-0.2, -0.15) is 0 Å². The average molecular weight is 496 g/mol.